The molecular weight excluding hydrogens is 384 g/mol. The summed E-state index contributed by atoms with van der Waals surface area (Å²) in [6, 6.07) is 7.32. The van der Waals surface area contributed by atoms with E-state index in [9.17, 15) is 9.59 Å². The third-order valence-corrected chi connectivity index (χ3v) is 5.86. The quantitative estimate of drug-likeness (QED) is 0.709. The van der Waals surface area contributed by atoms with Crippen molar-refractivity contribution in [2.45, 2.75) is 46.6 Å². The van der Waals surface area contributed by atoms with Gasteiger partial charge in [0.2, 0.25) is 11.8 Å². The zero-order chi connectivity index (χ0) is 20.8. The molecule has 156 valence electrons. The van der Waals surface area contributed by atoms with Crippen molar-refractivity contribution in [3.63, 3.8) is 0 Å². The third-order valence-electron chi connectivity index (χ3n) is 5.04. The van der Waals surface area contributed by atoms with Crippen LogP contribution >= 0.6 is 11.3 Å². The number of carbonyl (C=O) groups excluding carboxylic acids is 2. The SMILES string of the molecule is Cc1nc(CN2CCC(C(=O)Nc3ccc(NC(=O)CC(C)C)cc3)CC2)cs1. The number of amides is 2. The second kappa shape index (κ2) is 9.98. The molecular formula is C22H30N4O2S. The molecule has 7 heteroatoms. The Morgan fingerprint density at radius 2 is 1.76 bits per heavy atom. The molecule has 1 aliphatic rings. The Balaban J connectivity index is 1.44. The lowest BCUT2D eigenvalue weighted by Crippen LogP contribution is -2.37. The lowest BCUT2D eigenvalue weighted by Gasteiger charge is -2.30. The molecule has 0 saturated carbocycles. The highest BCUT2D eigenvalue weighted by Gasteiger charge is 2.25. The van der Waals surface area contributed by atoms with E-state index in [-0.39, 0.29) is 17.7 Å². The van der Waals surface area contributed by atoms with Crippen molar-refractivity contribution in [2.24, 2.45) is 11.8 Å². The number of aromatic nitrogens is 1. The van der Waals surface area contributed by atoms with Crippen LogP contribution in [0, 0.1) is 18.8 Å². The number of aryl methyl sites for hydroxylation is 1. The summed E-state index contributed by atoms with van der Waals surface area (Å²) < 4.78 is 0. The number of anilines is 2. The normalized spacial score (nSPS) is 15.4. The maximum atomic E-state index is 12.6. The minimum Gasteiger partial charge on any atom is -0.326 e. The lowest BCUT2D eigenvalue weighted by atomic mass is 9.95. The Bertz CT molecular complexity index is 824. The van der Waals surface area contributed by atoms with Crippen molar-refractivity contribution in [1.82, 2.24) is 9.88 Å². The molecule has 1 aliphatic heterocycles. The van der Waals surface area contributed by atoms with Crippen molar-refractivity contribution >= 4 is 34.5 Å². The summed E-state index contributed by atoms with van der Waals surface area (Å²) in [5, 5.41) is 9.10. The van der Waals surface area contributed by atoms with Crippen LogP contribution in [0.25, 0.3) is 0 Å². The zero-order valence-corrected chi connectivity index (χ0v) is 18.2. The van der Waals surface area contributed by atoms with Crippen LogP contribution in [0.3, 0.4) is 0 Å². The largest absolute Gasteiger partial charge is 0.326 e. The maximum absolute atomic E-state index is 12.6. The first-order valence-corrected chi connectivity index (χ1v) is 11.1. The standard InChI is InChI=1S/C22H30N4O2S/c1-15(2)12-21(27)24-18-4-6-19(7-5-18)25-22(28)17-8-10-26(11-9-17)13-20-14-29-16(3)23-20/h4-7,14-15,17H,8-13H2,1-3H3,(H,24,27)(H,25,28). The molecule has 0 aliphatic carbocycles. The average Bonchev–Trinajstić information content (AvgIpc) is 3.08. The van der Waals surface area contributed by atoms with E-state index in [0.29, 0.717) is 12.3 Å². The second-order valence-corrected chi connectivity index (χ2v) is 9.18. The number of likely N-dealkylation sites (tertiary alicyclic amines) is 1. The molecule has 0 unspecified atom stereocenters. The molecule has 29 heavy (non-hydrogen) atoms. The van der Waals surface area contributed by atoms with Crippen LogP contribution in [0.4, 0.5) is 11.4 Å². The first kappa shape index (κ1) is 21.5. The predicted molar refractivity (Wildman–Crippen MR) is 118 cm³/mol. The smallest absolute Gasteiger partial charge is 0.227 e. The number of nitrogens with zero attached hydrogens (tertiary/aromatic N) is 2. The van der Waals surface area contributed by atoms with E-state index in [1.165, 1.54) is 0 Å². The summed E-state index contributed by atoms with van der Waals surface area (Å²) in [5.74, 6) is 0.446. The van der Waals surface area contributed by atoms with E-state index < -0.39 is 0 Å². The summed E-state index contributed by atoms with van der Waals surface area (Å²) in [6.07, 6.45) is 2.22. The van der Waals surface area contributed by atoms with E-state index >= 15 is 0 Å². The van der Waals surface area contributed by atoms with Crippen LogP contribution in [0.1, 0.15) is 43.8 Å². The van der Waals surface area contributed by atoms with Crippen LogP contribution in [-0.2, 0) is 16.1 Å². The molecule has 2 N–H and O–H groups in total. The van der Waals surface area contributed by atoms with Crippen LogP contribution in [0.15, 0.2) is 29.6 Å². The Kier molecular flexibility index (Phi) is 7.39. The molecule has 0 atom stereocenters. The van der Waals surface area contributed by atoms with Gasteiger partial charge in [0.05, 0.1) is 10.7 Å². The zero-order valence-electron chi connectivity index (χ0n) is 17.4. The van der Waals surface area contributed by atoms with Gasteiger partial charge in [0.1, 0.15) is 0 Å². The molecule has 2 aromatic rings. The first-order chi connectivity index (χ1) is 13.9. The van der Waals surface area contributed by atoms with Crippen molar-refractivity contribution < 1.29 is 9.59 Å². The van der Waals surface area contributed by atoms with Gasteiger partial charge in [-0.1, -0.05) is 13.8 Å². The number of piperidine rings is 1. The van der Waals surface area contributed by atoms with Crippen LogP contribution < -0.4 is 10.6 Å². The van der Waals surface area contributed by atoms with Crippen molar-refractivity contribution in [2.75, 3.05) is 23.7 Å². The number of carbonyl (C=O) groups is 2. The number of benzene rings is 1. The summed E-state index contributed by atoms with van der Waals surface area (Å²) in [5.41, 5.74) is 2.63. The molecule has 1 aromatic carbocycles. The van der Waals surface area contributed by atoms with E-state index in [1.807, 2.05) is 45.0 Å². The molecule has 2 heterocycles. The van der Waals surface area contributed by atoms with E-state index in [1.54, 1.807) is 11.3 Å². The molecule has 0 radical (unpaired) electrons. The maximum Gasteiger partial charge on any atom is 0.227 e. The van der Waals surface area contributed by atoms with Gasteiger partial charge in [-0.15, -0.1) is 11.3 Å². The number of hydrogen-bond acceptors (Lipinski definition) is 5. The topological polar surface area (TPSA) is 74.3 Å². The van der Waals surface area contributed by atoms with Crippen molar-refractivity contribution in [1.29, 1.82) is 0 Å². The Labute approximate surface area is 176 Å². The van der Waals surface area contributed by atoms with Gasteiger partial charge in [0, 0.05) is 35.6 Å². The molecule has 3 rings (SSSR count). The fourth-order valence-electron chi connectivity index (χ4n) is 3.53. The Morgan fingerprint density at radius 1 is 1.14 bits per heavy atom. The Morgan fingerprint density at radius 3 is 2.31 bits per heavy atom. The van der Waals surface area contributed by atoms with Gasteiger partial charge in [-0.2, -0.15) is 0 Å². The highest BCUT2D eigenvalue weighted by molar-refractivity contribution is 7.09. The van der Waals surface area contributed by atoms with Gasteiger partial charge in [0.25, 0.3) is 0 Å². The molecule has 6 nitrogen and oxygen atoms in total. The number of hydrogen-bond donors (Lipinski definition) is 2. The van der Waals surface area contributed by atoms with Crippen LogP contribution in [0.2, 0.25) is 0 Å². The summed E-state index contributed by atoms with van der Waals surface area (Å²) in [6.45, 7) is 8.75. The lowest BCUT2D eigenvalue weighted by molar-refractivity contribution is -0.121. The monoisotopic (exact) mass is 414 g/mol. The highest BCUT2D eigenvalue weighted by Crippen LogP contribution is 2.22. The van der Waals surface area contributed by atoms with Gasteiger partial charge in [0.15, 0.2) is 0 Å². The van der Waals surface area contributed by atoms with Crippen molar-refractivity contribution in [3.8, 4) is 0 Å². The summed E-state index contributed by atoms with van der Waals surface area (Å²) >= 11 is 1.68. The molecule has 0 bridgehead atoms. The number of nitrogens with one attached hydrogen (secondary N) is 2. The number of rotatable bonds is 7. The average molecular weight is 415 g/mol. The fourth-order valence-corrected chi connectivity index (χ4v) is 4.13. The number of thiazole rings is 1. The summed E-state index contributed by atoms with van der Waals surface area (Å²) in [4.78, 5) is 31.3. The van der Waals surface area contributed by atoms with Gasteiger partial charge in [-0.25, -0.2) is 4.98 Å². The third kappa shape index (κ3) is 6.65. The molecule has 1 saturated heterocycles. The van der Waals surface area contributed by atoms with E-state index in [2.05, 4.69) is 25.9 Å². The van der Waals surface area contributed by atoms with Crippen LogP contribution in [0.5, 0.6) is 0 Å². The molecule has 2 amide bonds. The van der Waals surface area contributed by atoms with Crippen LogP contribution in [-0.4, -0.2) is 34.8 Å². The molecule has 1 aromatic heterocycles. The van der Waals surface area contributed by atoms with Gasteiger partial charge in [-0.3, -0.25) is 14.5 Å². The first-order valence-electron chi connectivity index (χ1n) is 10.2. The minimum absolute atomic E-state index is 0.0105. The van der Waals surface area contributed by atoms with Gasteiger partial charge < -0.3 is 10.6 Å². The molecule has 0 spiro atoms. The minimum atomic E-state index is 0.0105. The molecule has 1 fully saturated rings. The highest BCUT2D eigenvalue weighted by atomic mass is 32.1. The van der Waals surface area contributed by atoms with Crippen molar-refractivity contribution in [3.05, 3.63) is 40.3 Å². The predicted octanol–water partition coefficient (Wildman–Crippen LogP) is 4.29. The fraction of sp³-hybridized carbons (Fsp3) is 0.500. The second-order valence-electron chi connectivity index (χ2n) is 8.12. The van der Waals surface area contributed by atoms with E-state index in [4.69, 9.17) is 0 Å². The van der Waals surface area contributed by atoms with E-state index in [0.717, 1.165) is 54.6 Å². The Hall–Kier alpha value is -2.25. The van der Waals surface area contributed by atoms with Gasteiger partial charge in [-0.05, 0) is 63.0 Å². The van der Waals surface area contributed by atoms with Gasteiger partial charge >= 0.3 is 0 Å². The summed E-state index contributed by atoms with van der Waals surface area (Å²) in [7, 11) is 0.